The van der Waals surface area contributed by atoms with Crippen LogP contribution in [-0.4, -0.2) is 40.6 Å². The maximum Gasteiger partial charge on any atom is 0.346 e. The van der Waals surface area contributed by atoms with E-state index in [-0.39, 0.29) is 32.1 Å². The fourth-order valence-corrected chi connectivity index (χ4v) is 4.45. The molecule has 0 aliphatic rings. The minimum Gasteiger partial charge on any atom is -0.480 e. The number of carboxylic acid groups (broad SMARTS) is 1. The normalized spacial score (nSPS) is 11.3. The molecule has 0 bridgehead atoms. The topological polar surface area (TPSA) is 142 Å². The lowest BCUT2D eigenvalue weighted by atomic mass is 10.2. The molecule has 0 saturated heterocycles. The number of fused-ring (bicyclic) bond motifs is 1. The van der Waals surface area contributed by atoms with Crippen LogP contribution < -0.4 is 11.2 Å². The Hall–Kier alpha value is -3.70. The number of rotatable bonds is 7. The number of carbonyl (C=O) groups excluding carboxylic acids is 1. The molecule has 32 heavy (non-hydrogen) atoms. The van der Waals surface area contributed by atoms with Crippen LogP contribution in [0.3, 0.4) is 0 Å². The molecular weight excluding hydrogens is 464 g/mol. The van der Waals surface area contributed by atoms with E-state index in [2.05, 4.69) is 6.58 Å². The van der Waals surface area contributed by atoms with Crippen molar-refractivity contribution in [3.8, 4) is 0 Å². The van der Waals surface area contributed by atoms with Crippen LogP contribution in [0.1, 0.15) is 10.4 Å². The average molecular weight is 479 g/mol. The van der Waals surface area contributed by atoms with E-state index in [1.807, 2.05) is 0 Å². The van der Waals surface area contributed by atoms with E-state index in [0.717, 1.165) is 12.1 Å². The van der Waals surface area contributed by atoms with E-state index < -0.39 is 44.7 Å². The number of halogens is 1. The second-order valence-electron chi connectivity index (χ2n) is 6.41. The Bertz CT molecular complexity index is 1490. The van der Waals surface area contributed by atoms with Gasteiger partial charge in [0.1, 0.15) is 13.2 Å². The number of benzene rings is 2. The molecule has 2 aromatic carbocycles. The molecule has 0 saturated carbocycles. The highest BCUT2D eigenvalue weighted by Gasteiger charge is 2.27. The maximum absolute atomic E-state index is 13.2. The number of hydrogen-bond acceptors (Lipinski definition) is 7. The molecule has 166 valence electrons. The standard InChI is InChI=1S/C20H15ClN2O8S/c1-2-8-31-19(27)12-4-3-5-14(9-12)32(29,30)23-18(26)15-7-6-13(21)10-16(15)22(20(23)28)11-17(24)25/h2-7,9-10H,1,8,11H2,(H,24,25). The van der Waals surface area contributed by atoms with Crippen molar-refractivity contribution in [2.45, 2.75) is 11.4 Å². The number of nitrogens with zero attached hydrogens (tertiary/aromatic N) is 2. The first kappa shape index (κ1) is 23.0. The minimum absolute atomic E-state index is 0.0413. The lowest BCUT2D eigenvalue weighted by molar-refractivity contribution is -0.137. The first-order valence-electron chi connectivity index (χ1n) is 8.88. The third kappa shape index (κ3) is 4.20. The quantitative estimate of drug-likeness (QED) is 0.397. The van der Waals surface area contributed by atoms with Crippen LogP contribution in [0.25, 0.3) is 10.9 Å². The summed E-state index contributed by atoms with van der Waals surface area (Å²) in [5.41, 5.74) is -2.86. The van der Waals surface area contributed by atoms with Crippen molar-refractivity contribution in [3.63, 3.8) is 0 Å². The highest BCUT2D eigenvalue weighted by atomic mass is 35.5. The van der Waals surface area contributed by atoms with Crippen molar-refractivity contribution in [2.24, 2.45) is 0 Å². The van der Waals surface area contributed by atoms with E-state index in [1.165, 1.54) is 36.4 Å². The zero-order chi connectivity index (χ0) is 23.6. The van der Waals surface area contributed by atoms with Gasteiger partial charge in [0.05, 0.1) is 21.4 Å². The van der Waals surface area contributed by atoms with Gasteiger partial charge in [-0.1, -0.05) is 30.3 Å². The molecule has 3 rings (SSSR count). The van der Waals surface area contributed by atoms with Gasteiger partial charge in [-0.3, -0.25) is 14.2 Å². The van der Waals surface area contributed by atoms with E-state index >= 15 is 0 Å². The van der Waals surface area contributed by atoms with Crippen LogP contribution in [0.15, 0.2) is 69.6 Å². The summed E-state index contributed by atoms with van der Waals surface area (Å²) in [5.74, 6) is -2.28. The number of ether oxygens (including phenoxy) is 1. The Morgan fingerprint density at radius 2 is 1.88 bits per heavy atom. The Kier molecular flexibility index (Phi) is 6.32. The Labute approximate surface area is 185 Å². The Balaban J connectivity index is 2.30. The molecule has 1 N–H and O–H groups in total. The van der Waals surface area contributed by atoms with Gasteiger partial charge in [0.2, 0.25) is 0 Å². The van der Waals surface area contributed by atoms with Gasteiger partial charge in [0, 0.05) is 5.02 Å². The lowest BCUT2D eigenvalue weighted by Crippen LogP contribution is -2.44. The van der Waals surface area contributed by atoms with Crippen molar-refractivity contribution < 1.29 is 27.9 Å². The second-order valence-corrected chi connectivity index (χ2v) is 8.64. The van der Waals surface area contributed by atoms with Crippen molar-refractivity contribution in [3.05, 3.63) is 86.5 Å². The van der Waals surface area contributed by atoms with Crippen molar-refractivity contribution >= 4 is 44.5 Å². The molecule has 1 aromatic heterocycles. The van der Waals surface area contributed by atoms with Gasteiger partial charge in [0.15, 0.2) is 0 Å². The molecule has 0 aliphatic carbocycles. The van der Waals surface area contributed by atoms with E-state index in [4.69, 9.17) is 16.3 Å². The smallest absolute Gasteiger partial charge is 0.346 e. The molecule has 12 heteroatoms. The zero-order valence-electron chi connectivity index (χ0n) is 16.2. The minimum atomic E-state index is -4.82. The second kappa shape index (κ2) is 8.81. The maximum atomic E-state index is 13.2. The Morgan fingerprint density at radius 1 is 1.16 bits per heavy atom. The molecule has 0 fully saturated rings. The first-order chi connectivity index (χ1) is 15.1. The summed E-state index contributed by atoms with van der Waals surface area (Å²) >= 11 is 5.90. The molecule has 0 radical (unpaired) electrons. The average Bonchev–Trinajstić information content (AvgIpc) is 2.74. The summed E-state index contributed by atoms with van der Waals surface area (Å²) in [6.45, 7) is 2.38. The molecule has 0 spiro atoms. The van der Waals surface area contributed by atoms with E-state index in [0.29, 0.717) is 4.57 Å². The lowest BCUT2D eigenvalue weighted by Gasteiger charge is -2.13. The summed E-state index contributed by atoms with van der Waals surface area (Å²) in [6.07, 6.45) is 1.32. The van der Waals surface area contributed by atoms with Gasteiger partial charge in [-0.25, -0.2) is 18.0 Å². The number of esters is 1. The molecule has 3 aromatic rings. The molecular formula is C20H15ClN2O8S. The number of aliphatic carboxylic acids is 1. The van der Waals surface area contributed by atoms with Gasteiger partial charge in [-0.2, -0.15) is 0 Å². The highest BCUT2D eigenvalue weighted by molar-refractivity contribution is 7.90. The van der Waals surface area contributed by atoms with Crippen LogP contribution in [0.5, 0.6) is 0 Å². The summed E-state index contributed by atoms with van der Waals surface area (Å²) < 4.78 is 31.9. The van der Waals surface area contributed by atoms with Gasteiger partial charge in [-0.05, 0) is 36.4 Å². The summed E-state index contributed by atoms with van der Waals surface area (Å²) in [7, 11) is -4.82. The van der Waals surface area contributed by atoms with Crippen molar-refractivity contribution in [1.82, 2.24) is 8.54 Å². The first-order valence-corrected chi connectivity index (χ1v) is 10.7. The highest BCUT2D eigenvalue weighted by Crippen LogP contribution is 2.18. The summed E-state index contributed by atoms with van der Waals surface area (Å²) in [4.78, 5) is 48.7. The Morgan fingerprint density at radius 3 is 2.53 bits per heavy atom. The van der Waals surface area contributed by atoms with Crippen LogP contribution in [0.4, 0.5) is 0 Å². The van der Waals surface area contributed by atoms with Crippen LogP contribution in [-0.2, 0) is 26.1 Å². The SMILES string of the molecule is C=CCOC(=O)c1cccc(S(=O)(=O)n2c(=O)c3ccc(Cl)cc3n(CC(=O)O)c2=O)c1. The predicted molar refractivity (Wildman–Crippen MR) is 115 cm³/mol. The van der Waals surface area contributed by atoms with E-state index in [9.17, 15) is 32.7 Å². The van der Waals surface area contributed by atoms with Gasteiger partial charge in [0.25, 0.3) is 15.6 Å². The van der Waals surface area contributed by atoms with Crippen LogP contribution in [0.2, 0.25) is 5.02 Å². The number of carbonyl (C=O) groups is 2. The molecule has 0 unspecified atom stereocenters. The number of aromatic nitrogens is 2. The third-order valence-electron chi connectivity index (χ3n) is 4.30. The summed E-state index contributed by atoms with van der Waals surface area (Å²) in [5, 5.41) is 9.06. The molecule has 10 nitrogen and oxygen atoms in total. The van der Waals surface area contributed by atoms with Crippen LogP contribution in [0, 0.1) is 0 Å². The van der Waals surface area contributed by atoms with Gasteiger partial charge in [-0.15, -0.1) is 3.97 Å². The molecule has 0 amide bonds. The number of carboxylic acids is 1. The summed E-state index contributed by atoms with van der Waals surface area (Å²) in [6, 6.07) is 8.23. The largest absolute Gasteiger partial charge is 0.480 e. The van der Waals surface area contributed by atoms with Crippen molar-refractivity contribution in [1.29, 1.82) is 0 Å². The fraction of sp³-hybridized carbons (Fsp3) is 0.100. The fourth-order valence-electron chi connectivity index (χ4n) is 2.92. The zero-order valence-corrected chi connectivity index (χ0v) is 17.8. The monoisotopic (exact) mass is 478 g/mol. The predicted octanol–water partition coefficient (Wildman–Crippen LogP) is 1.48. The van der Waals surface area contributed by atoms with Crippen molar-refractivity contribution in [2.75, 3.05) is 6.61 Å². The molecule has 0 atom stereocenters. The van der Waals surface area contributed by atoms with Gasteiger partial charge >= 0.3 is 17.6 Å². The van der Waals surface area contributed by atoms with Gasteiger partial charge < -0.3 is 9.84 Å². The third-order valence-corrected chi connectivity index (χ3v) is 6.19. The van der Waals surface area contributed by atoms with Crippen LogP contribution >= 0.6 is 11.6 Å². The number of hydrogen-bond donors (Lipinski definition) is 1. The molecule has 0 aliphatic heterocycles. The molecule has 1 heterocycles. The van der Waals surface area contributed by atoms with E-state index in [1.54, 1.807) is 0 Å².